The number of allylic oxidation sites excluding steroid dienone is 3. The van der Waals surface area contributed by atoms with Crippen LogP contribution in [0.25, 0.3) is 27.8 Å². The molecule has 0 nitrogen and oxygen atoms in total. The third-order valence-corrected chi connectivity index (χ3v) is 10.1. The van der Waals surface area contributed by atoms with E-state index in [1.165, 1.54) is 51.4 Å². The summed E-state index contributed by atoms with van der Waals surface area (Å²) in [5.74, 6) is 0.719. The van der Waals surface area contributed by atoms with Crippen molar-refractivity contribution in [3.63, 3.8) is 0 Å². The fourth-order valence-electron chi connectivity index (χ4n) is 7.40. The van der Waals surface area contributed by atoms with E-state index in [1.54, 1.807) is 36.4 Å². The van der Waals surface area contributed by atoms with E-state index in [9.17, 15) is 8.78 Å². The minimum Gasteiger partial charge on any atom is -0.206 e. The average Bonchev–Trinajstić information content (AvgIpc) is 3.04. The molecule has 1 fully saturated rings. The molecule has 0 bridgehead atoms. The SMILES string of the molecule is C=CCCCc1ccc(-c2ccc(-c3ccc(C4=CCC(C5CCC(CCCCC)CC5)CC4)c(F)c3)cc2)c(F)c1F. The molecule has 1 saturated carbocycles. The number of aryl methyl sites for hydroxylation is 1. The van der Waals surface area contributed by atoms with Crippen LogP contribution in [0.3, 0.4) is 0 Å². The van der Waals surface area contributed by atoms with Gasteiger partial charge in [0.1, 0.15) is 5.82 Å². The summed E-state index contributed by atoms with van der Waals surface area (Å²) < 4.78 is 45.0. The summed E-state index contributed by atoms with van der Waals surface area (Å²) in [5, 5.41) is 0. The van der Waals surface area contributed by atoms with Crippen LogP contribution in [-0.2, 0) is 6.42 Å². The molecular formula is C40H47F3. The highest BCUT2D eigenvalue weighted by Gasteiger charge is 2.29. The van der Waals surface area contributed by atoms with E-state index >= 15 is 4.39 Å². The van der Waals surface area contributed by atoms with Crippen molar-refractivity contribution in [1.82, 2.24) is 0 Å². The minimum absolute atomic E-state index is 0.195. The molecule has 2 aliphatic rings. The van der Waals surface area contributed by atoms with E-state index in [-0.39, 0.29) is 11.4 Å². The van der Waals surface area contributed by atoms with E-state index < -0.39 is 11.6 Å². The van der Waals surface area contributed by atoms with Crippen LogP contribution in [0.1, 0.15) is 102 Å². The lowest BCUT2D eigenvalue weighted by molar-refractivity contribution is 0.187. The first-order chi connectivity index (χ1) is 21.0. The molecule has 228 valence electrons. The van der Waals surface area contributed by atoms with Gasteiger partial charge in [-0.05, 0) is 103 Å². The molecule has 43 heavy (non-hydrogen) atoms. The summed E-state index contributed by atoms with van der Waals surface area (Å²) in [6, 6.07) is 16.1. The molecule has 0 N–H and O–H groups in total. The highest BCUT2D eigenvalue weighted by atomic mass is 19.2. The Morgan fingerprint density at radius 3 is 2.14 bits per heavy atom. The first-order valence-electron chi connectivity index (χ1n) is 16.7. The molecule has 1 unspecified atom stereocenters. The molecule has 0 aliphatic heterocycles. The Morgan fingerprint density at radius 2 is 1.47 bits per heavy atom. The zero-order valence-electron chi connectivity index (χ0n) is 25.8. The highest BCUT2D eigenvalue weighted by Crippen LogP contribution is 2.43. The summed E-state index contributed by atoms with van der Waals surface area (Å²) in [7, 11) is 0. The van der Waals surface area contributed by atoms with Crippen LogP contribution in [0.15, 0.2) is 73.3 Å². The third-order valence-electron chi connectivity index (χ3n) is 10.1. The highest BCUT2D eigenvalue weighted by molar-refractivity contribution is 5.74. The molecule has 0 aromatic heterocycles. The molecule has 0 radical (unpaired) electrons. The largest absolute Gasteiger partial charge is 0.206 e. The maximum Gasteiger partial charge on any atom is 0.166 e. The number of rotatable bonds is 12. The lowest BCUT2D eigenvalue weighted by Crippen LogP contribution is -2.23. The Morgan fingerprint density at radius 1 is 0.744 bits per heavy atom. The van der Waals surface area contributed by atoms with Crippen molar-refractivity contribution < 1.29 is 13.2 Å². The van der Waals surface area contributed by atoms with E-state index in [4.69, 9.17) is 0 Å². The van der Waals surface area contributed by atoms with Gasteiger partial charge in [-0.2, -0.15) is 0 Å². The molecule has 0 saturated heterocycles. The second-order valence-corrected chi connectivity index (χ2v) is 12.9. The topological polar surface area (TPSA) is 0 Å². The van der Waals surface area contributed by atoms with Crippen molar-refractivity contribution in [2.24, 2.45) is 17.8 Å². The standard InChI is InChI=1S/C40H47F3/c1-3-5-7-9-28-11-13-29(14-12-28)30-15-19-32(20-16-30)36-25-24-35(27-38(36)41)31-17-21-33(22-18-31)37-26-23-34(10-8-6-4-2)39(42)40(37)43/h4,17-19,21-30H,2-3,5-16,20H2,1H3. The van der Waals surface area contributed by atoms with Gasteiger partial charge >= 0.3 is 0 Å². The molecule has 2 aliphatic carbocycles. The summed E-state index contributed by atoms with van der Waals surface area (Å²) in [5.41, 5.74) is 4.70. The number of unbranched alkanes of at least 4 members (excludes halogenated alkanes) is 3. The number of hydrogen-bond donors (Lipinski definition) is 0. The van der Waals surface area contributed by atoms with Crippen molar-refractivity contribution in [3.05, 3.63) is 102 Å². The Balaban J connectivity index is 1.20. The van der Waals surface area contributed by atoms with Gasteiger partial charge in [0.25, 0.3) is 0 Å². The molecule has 1 atom stereocenters. The fraction of sp³-hybridized carbons (Fsp3) is 0.450. The zero-order chi connectivity index (χ0) is 30.2. The number of hydrogen-bond acceptors (Lipinski definition) is 0. The average molecular weight is 585 g/mol. The maximum atomic E-state index is 15.4. The van der Waals surface area contributed by atoms with Crippen LogP contribution >= 0.6 is 0 Å². The lowest BCUT2D eigenvalue weighted by Gasteiger charge is -2.35. The van der Waals surface area contributed by atoms with Gasteiger partial charge in [-0.25, -0.2) is 13.2 Å². The Labute approximate surface area is 257 Å². The Hall–Kier alpha value is -3.07. The van der Waals surface area contributed by atoms with E-state index in [1.807, 2.05) is 24.3 Å². The van der Waals surface area contributed by atoms with Gasteiger partial charge in [0, 0.05) is 11.1 Å². The van der Waals surface area contributed by atoms with Gasteiger partial charge in [0.15, 0.2) is 11.6 Å². The lowest BCUT2D eigenvalue weighted by atomic mass is 9.70. The predicted molar refractivity (Wildman–Crippen MR) is 175 cm³/mol. The smallest absolute Gasteiger partial charge is 0.166 e. The minimum atomic E-state index is -0.822. The van der Waals surface area contributed by atoms with Gasteiger partial charge < -0.3 is 0 Å². The number of halogens is 3. The molecule has 3 aromatic carbocycles. The van der Waals surface area contributed by atoms with Gasteiger partial charge in [0.2, 0.25) is 0 Å². The van der Waals surface area contributed by atoms with E-state index in [0.29, 0.717) is 23.1 Å². The van der Waals surface area contributed by atoms with Crippen LogP contribution in [0.4, 0.5) is 13.2 Å². The van der Waals surface area contributed by atoms with Gasteiger partial charge in [-0.3, -0.25) is 0 Å². The molecule has 3 aromatic rings. The zero-order valence-corrected chi connectivity index (χ0v) is 25.8. The van der Waals surface area contributed by atoms with E-state index in [2.05, 4.69) is 19.6 Å². The predicted octanol–water partition coefficient (Wildman–Crippen LogP) is 12.5. The summed E-state index contributed by atoms with van der Waals surface area (Å²) in [6.45, 7) is 5.96. The van der Waals surface area contributed by atoms with Crippen LogP contribution in [-0.4, -0.2) is 0 Å². The van der Waals surface area contributed by atoms with Crippen LogP contribution in [0, 0.1) is 35.2 Å². The molecule has 5 rings (SSSR count). The normalized spacial score (nSPS) is 20.6. The van der Waals surface area contributed by atoms with Crippen molar-refractivity contribution in [2.45, 2.75) is 96.8 Å². The van der Waals surface area contributed by atoms with Crippen LogP contribution in [0.2, 0.25) is 0 Å². The number of benzene rings is 3. The maximum absolute atomic E-state index is 15.4. The summed E-state index contributed by atoms with van der Waals surface area (Å²) >= 11 is 0. The van der Waals surface area contributed by atoms with Gasteiger partial charge in [-0.1, -0.05) is 106 Å². The fourth-order valence-corrected chi connectivity index (χ4v) is 7.40. The van der Waals surface area contributed by atoms with Crippen molar-refractivity contribution >= 4 is 5.57 Å². The first kappa shape index (κ1) is 31.4. The molecule has 0 spiro atoms. The first-order valence-corrected chi connectivity index (χ1v) is 16.7. The quantitative estimate of drug-likeness (QED) is 0.147. The van der Waals surface area contributed by atoms with Gasteiger partial charge in [-0.15, -0.1) is 6.58 Å². The monoisotopic (exact) mass is 584 g/mol. The Kier molecular flexibility index (Phi) is 11.0. The molecule has 3 heteroatoms. The molecule has 0 heterocycles. The van der Waals surface area contributed by atoms with E-state index in [0.717, 1.165) is 66.6 Å². The van der Waals surface area contributed by atoms with Crippen molar-refractivity contribution in [2.75, 3.05) is 0 Å². The van der Waals surface area contributed by atoms with Crippen LogP contribution < -0.4 is 0 Å². The summed E-state index contributed by atoms with van der Waals surface area (Å²) in [4.78, 5) is 0. The van der Waals surface area contributed by atoms with Gasteiger partial charge in [0.05, 0.1) is 0 Å². The molecular weight excluding hydrogens is 537 g/mol. The van der Waals surface area contributed by atoms with Crippen molar-refractivity contribution in [1.29, 1.82) is 0 Å². The van der Waals surface area contributed by atoms with Crippen LogP contribution in [0.5, 0.6) is 0 Å². The molecule has 0 amide bonds. The Bertz CT molecular complexity index is 1390. The second-order valence-electron chi connectivity index (χ2n) is 12.9. The third kappa shape index (κ3) is 7.72. The summed E-state index contributed by atoms with van der Waals surface area (Å²) in [6.07, 6.45) is 20.3. The second kappa shape index (κ2) is 15.1. The van der Waals surface area contributed by atoms with Crippen molar-refractivity contribution in [3.8, 4) is 22.3 Å².